The van der Waals surface area contributed by atoms with E-state index in [1.807, 2.05) is 79.7 Å². The lowest BCUT2D eigenvalue weighted by molar-refractivity contribution is -0.0314. The summed E-state index contributed by atoms with van der Waals surface area (Å²) in [5.74, 6) is -0.160. The van der Waals surface area contributed by atoms with Crippen molar-refractivity contribution < 1.29 is 9.90 Å². The summed E-state index contributed by atoms with van der Waals surface area (Å²) < 4.78 is 0.536. The normalized spacial score (nSPS) is 20.0. The van der Waals surface area contributed by atoms with Crippen LogP contribution >= 0.6 is 24.0 Å². The minimum Gasteiger partial charge on any atom is -0.363 e. The summed E-state index contributed by atoms with van der Waals surface area (Å²) in [6.45, 7) is 2.48. The standard InChI is InChI=1S/C25H21NO2S2/c1-18-12-14-19(15-13-18)17-26-24(29)30-23(16-22(27)20-8-4-2-5-9-20)25(26,28)21-10-6-3-7-11-21/h2-16,28H,17H2,1H3/b23-16+. The fourth-order valence-corrected chi connectivity index (χ4v) is 4.94. The second-order valence-electron chi connectivity index (χ2n) is 7.22. The zero-order valence-electron chi connectivity index (χ0n) is 16.5. The number of nitrogens with zero attached hydrogens (tertiary/aromatic N) is 1. The molecule has 1 heterocycles. The molecule has 3 aromatic carbocycles. The number of hydrogen-bond donors (Lipinski definition) is 1. The van der Waals surface area contributed by atoms with Crippen LogP contribution in [-0.2, 0) is 12.3 Å². The molecule has 0 radical (unpaired) electrons. The summed E-state index contributed by atoms with van der Waals surface area (Å²) in [5, 5.41) is 12.0. The van der Waals surface area contributed by atoms with Crippen molar-refractivity contribution in [2.45, 2.75) is 19.2 Å². The van der Waals surface area contributed by atoms with Crippen LogP contribution in [0.5, 0.6) is 0 Å². The molecule has 1 fully saturated rings. The topological polar surface area (TPSA) is 40.5 Å². The Morgan fingerprint density at radius 3 is 2.23 bits per heavy atom. The van der Waals surface area contributed by atoms with Gasteiger partial charge in [0.25, 0.3) is 0 Å². The predicted octanol–water partition coefficient (Wildman–Crippen LogP) is 5.44. The number of aryl methyl sites for hydroxylation is 1. The van der Waals surface area contributed by atoms with Gasteiger partial charge in [-0.1, -0.05) is 114 Å². The van der Waals surface area contributed by atoms with E-state index in [1.165, 1.54) is 23.4 Å². The molecule has 0 aromatic heterocycles. The fourth-order valence-electron chi connectivity index (χ4n) is 3.44. The van der Waals surface area contributed by atoms with Crippen LogP contribution in [0.15, 0.2) is 95.9 Å². The first kappa shape index (κ1) is 20.5. The third kappa shape index (κ3) is 3.97. The molecular weight excluding hydrogens is 410 g/mol. The van der Waals surface area contributed by atoms with Gasteiger partial charge in [-0.25, -0.2) is 0 Å². The van der Waals surface area contributed by atoms with Crippen molar-refractivity contribution in [3.8, 4) is 0 Å². The summed E-state index contributed by atoms with van der Waals surface area (Å²) in [7, 11) is 0. The fraction of sp³-hybridized carbons (Fsp3) is 0.120. The number of allylic oxidation sites excluding steroid dienone is 1. The Labute approximate surface area is 186 Å². The van der Waals surface area contributed by atoms with Gasteiger partial charge in [-0.3, -0.25) is 4.79 Å². The molecule has 1 atom stereocenters. The maximum atomic E-state index is 12.9. The Kier molecular flexibility index (Phi) is 5.86. The molecule has 1 saturated heterocycles. The van der Waals surface area contributed by atoms with Gasteiger partial charge in [-0.15, -0.1) is 0 Å². The van der Waals surface area contributed by atoms with Crippen LogP contribution in [0, 0.1) is 6.92 Å². The number of hydrogen-bond acceptors (Lipinski definition) is 4. The Hall–Kier alpha value is -2.73. The number of carbonyl (C=O) groups is 1. The second kappa shape index (κ2) is 8.56. The molecule has 1 aliphatic heterocycles. The summed E-state index contributed by atoms with van der Waals surface area (Å²) in [6.07, 6.45) is 1.51. The lowest BCUT2D eigenvalue weighted by Crippen LogP contribution is -2.43. The molecule has 1 aliphatic rings. The van der Waals surface area contributed by atoms with Crippen molar-refractivity contribution in [3.05, 3.63) is 118 Å². The van der Waals surface area contributed by atoms with E-state index in [4.69, 9.17) is 12.2 Å². The zero-order valence-corrected chi connectivity index (χ0v) is 18.1. The van der Waals surface area contributed by atoms with Crippen LogP contribution < -0.4 is 0 Å². The van der Waals surface area contributed by atoms with Crippen molar-refractivity contribution >= 4 is 34.1 Å². The number of carbonyl (C=O) groups excluding carboxylic acids is 1. The number of ketones is 1. The maximum absolute atomic E-state index is 12.9. The van der Waals surface area contributed by atoms with Crippen molar-refractivity contribution in [3.63, 3.8) is 0 Å². The highest BCUT2D eigenvalue weighted by Gasteiger charge is 2.48. The van der Waals surface area contributed by atoms with Crippen molar-refractivity contribution in [1.82, 2.24) is 4.90 Å². The molecule has 3 nitrogen and oxygen atoms in total. The maximum Gasteiger partial charge on any atom is 0.199 e. The highest BCUT2D eigenvalue weighted by atomic mass is 32.2. The third-order valence-electron chi connectivity index (χ3n) is 5.11. The van der Waals surface area contributed by atoms with Gasteiger partial charge in [-0.05, 0) is 12.5 Å². The lowest BCUT2D eigenvalue weighted by atomic mass is 9.98. The number of benzene rings is 3. The van der Waals surface area contributed by atoms with Crippen LogP contribution in [0.4, 0.5) is 0 Å². The average molecular weight is 432 g/mol. The second-order valence-corrected chi connectivity index (χ2v) is 8.89. The van der Waals surface area contributed by atoms with Gasteiger partial charge in [0.05, 0.1) is 4.91 Å². The number of thiocarbonyl (C=S) groups is 1. The monoisotopic (exact) mass is 431 g/mol. The smallest absolute Gasteiger partial charge is 0.199 e. The number of aliphatic hydroxyl groups is 1. The van der Waals surface area contributed by atoms with Gasteiger partial charge in [0.15, 0.2) is 11.5 Å². The SMILES string of the molecule is Cc1ccc(CN2C(=S)S/C(=C/C(=O)c3ccccc3)C2(O)c2ccccc2)cc1. The number of rotatable bonds is 5. The van der Waals surface area contributed by atoms with E-state index in [9.17, 15) is 9.90 Å². The van der Waals surface area contributed by atoms with Crippen molar-refractivity contribution in [2.75, 3.05) is 0 Å². The summed E-state index contributed by atoms with van der Waals surface area (Å²) in [6, 6.07) is 26.6. The summed E-state index contributed by atoms with van der Waals surface area (Å²) in [4.78, 5) is 15.2. The van der Waals surface area contributed by atoms with E-state index >= 15 is 0 Å². The molecule has 0 aliphatic carbocycles. The lowest BCUT2D eigenvalue weighted by Gasteiger charge is -2.35. The van der Waals surface area contributed by atoms with E-state index in [1.54, 1.807) is 17.0 Å². The first-order chi connectivity index (χ1) is 14.5. The molecule has 0 bridgehead atoms. The van der Waals surface area contributed by atoms with Gasteiger partial charge in [0, 0.05) is 23.7 Å². The van der Waals surface area contributed by atoms with E-state index < -0.39 is 5.72 Å². The molecular formula is C25H21NO2S2. The molecule has 0 saturated carbocycles. The molecule has 30 heavy (non-hydrogen) atoms. The van der Waals surface area contributed by atoms with Gasteiger partial charge >= 0.3 is 0 Å². The van der Waals surface area contributed by atoms with Crippen molar-refractivity contribution in [2.24, 2.45) is 0 Å². The van der Waals surface area contributed by atoms with E-state index in [0.29, 0.717) is 26.9 Å². The van der Waals surface area contributed by atoms with Crippen LogP contribution in [0.3, 0.4) is 0 Å². The van der Waals surface area contributed by atoms with Gasteiger partial charge in [0.1, 0.15) is 4.32 Å². The molecule has 150 valence electrons. The predicted molar refractivity (Wildman–Crippen MR) is 126 cm³/mol. The Bertz CT molecular complexity index is 1100. The molecule has 1 N–H and O–H groups in total. The molecule has 3 aromatic rings. The molecule has 1 unspecified atom stereocenters. The van der Waals surface area contributed by atoms with Crippen LogP contribution in [-0.4, -0.2) is 20.1 Å². The number of thioether (sulfide) groups is 1. The zero-order chi connectivity index (χ0) is 21.1. The first-order valence-electron chi connectivity index (χ1n) is 9.63. The Balaban J connectivity index is 1.77. The first-order valence-corrected chi connectivity index (χ1v) is 10.9. The molecule has 4 rings (SSSR count). The minimum absolute atomic E-state index is 0.160. The van der Waals surface area contributed by atoms with E-state index in [0.717, 1.165) is 5.56 Å². The summed E-state index contributed by atoms with van der Waals surface area (Å²) >= 11 is 6.91. The van der Waals surface area contributed by atoms with Crippen LogP contribution in [0.25, 0.3) is 0 Å². The average Bonchev–Trinajstić information content (AvgIpc) is 3.01. The third-order valence-corrected chi connectivity index (χ3v) is 6.60. The Morgan fingerprint density at radius 1 is 1.00 bits per heavy atom. The van der Waals surface area contributed by atoms with Gasteiger partial charge in [0.2, 0.25) is 0 Å². The van der Waals surface area contributed by atoms with E-state index in [2.05, 4.69) is 0 Å². The van der Waals surface area contributed by atoms with Crippen LogP contribution in [0.1, 0.15) is 27.0 Å². The van der Waals surface area contributed by atoms with Gasteiger partial charge < -0.3 is 10.0 Å². The molecule has 5 heteroatoms. The largest absolute Gasteiger partial charge is 0.363 e. The highest BCUT2D eigenvalue weighted by molar-refractivity contribution is 8.25. The Morgan fingerprint density at radius 2 is 1.60 bits per heavy atom. The minimum atomic E-state index is -1.50. The quantitative estimate of drug-likeness (QED) is 0.331. The summed E-state index contributed by atoms with van der Waals surface area (Å²) in [5.41, 5.74) is 1.96. The molecule has 0 amide bonds. The van der Waals surface area contributed by atoms with Gasteiger partial charge in [-0.2, -0.15) is 0 Å². The van der Waals surface area contributed by atoms with Crippen LogP contribution in [0.2, 0.25) is 0 Å². The highest BCUT2D eigenvalue weighted by Crippen LogP contribution is 2.49. The van der Waals surface area contributed by atoms with Crippen molar-refractivity contribution in [1.29, 1.82) is 0 Å². The van der Waals surface area contributed by atoms with E-state index in [-0.39, 0.29) is 5.78 Å². The molecule has 0 spiro atoms.